The Morgan fingerprint density at radius 3 is 2.57 bits per heavy atom. The molecule has 0 atom stereocenters. The lowest BCUT2D eigenvalue weighted by atomic mass is 10.1. The minimum atomic E-state index is -0.712. The molecule has 0 aliphatic rings. The van der Waals surface area contributed by atoms with Crippen LogP contribution in [-0.4, -0.2) is 28.2 Å². The molecule has 0 aliphatic heterocycles. The predicted octanol–water partition coefficient (Wildman–Crippen LogP) is 2.71. The van der Waals surface area contributed by atoms with E-state index in [4.69, 9.17) is 4.74 Å². The summed E-state index contributed by atoms with van der Waals surface area (Å²) >= 11 is 0. The van der Waals surface area contributed by atoms with Gasteiger partial charge in [-0.2, -0.15) is 0 Å². The van der Waals surface area contributed by atoms with E-state index in [2.05, 4.69) is 0 Å². The topological polar surface area (TPSA) is 87.0 Å². The number of rotatable bonds is 4. The fourth-order valence-corrected chi connectivity index (χ4v) is 1.77. The van der Waals surface area contributed by atoms with Crippen LogP contribution in [0.1, 0.15) is 15.9 Å². The van der Waals surface area contributed by atoms with Crippen LogP contribution in [0.2, 0.25) is 0 Å². The number of phenolic OH excluding ortho intramolecular Hbond substituents is 3. The number of carbonyl (C=O) groups is 1. The van der Waals surface area contributed by atoms with E-state index in [1.807, 2.05) is 0 Å². The van der Waals surface area contributed by atoms with Crippen molar-refractivity contribution in [1.29, 1.82) is 0 Å². The number of allylic oxidation sites excluding steroid dienone is 1. The molecule has 0 aromatic heterocycles. The Balaban J connectivity index is 2.25. The van der Waals surface area contributed by atoms with Crippen LogP contribution in [0, 0.1) is 0 Å². The number of ketones is 1. The molecule has 0 aliphatic carbocycles. The van der Waals surface area contributed by atoms with Crippen molar-refractivity contribution in [3.05, 3.63) is 53.6 Å². The van der Waals surface area contributed by atoms with Crippen molar-refractivity contribution >= 4 is 11.9 Å². The maximum Gasteiger partial charge on any atom is 0.201 e. The van der Waals surface area contributed by atoms with Crippen LogP contribution in [-0.2, 0) is 0 Å². The van der Waals surface area contributed by atoms with Crippen molar-refractivity contribution < 1.29 is 24.9 Å². The minimum absolute atomic E-state index is 0.0931. The summed E-state index contributed by atoms with van der Waals surface area (Å²) in [5, 5.41) is 28.3. The molecular weight excluding hydrogens is 272 g/mol. The first-order valence-corrected chi connectivity index (χ1v) is 6.13. The van der Waals surface area contributed by atoms with Crippen molar-refractivity contribution in [1.82, 2.24) is 0 Å². The third kappa shape index (κ3) is 3.14. The van der Waals surface area contributed by atoms with Crippen LogP contribution < -0.4 is 4.74 Å². The molecule has 5 nitrogen and oxygen atoms in total. The first kappa shape index (κ1) is 14.5. The molecule has 5 heteroatoms. The highest BCUT2D eigenvalue weighted by Crippen LogP contribution is 2.37. The standard InChI is InChI=1S/C16H14O5/c1-21-11-4-2-3-10(9-11)5-7-13(17)12-6-8-14(18)16(20)15(12)19/h2-9,18-20H,1H3/b7-5+. The summed E-state index contributed by atoms with van der Waals surface area (Å²) < 4.78 is 5.07. The van der Waals surface area contributed by atoms with Gasteiger partial charge in [-0.1, -0.05) is 18.2 Å². The smallest absolute Gasteiger partial charge is 0.201 e. The lowest BCUT2D eigenvalue weighted by Crippen LogP contribution is -1.95. The minimum Gasteiger partial charge on any atom is -0.504 e. The molecule has 0 fully saturated rings. The average Bonchev–Trinajstić information content (AvgIpc) is 2.50. The van der Waals surface area contributed by atoms with E-state index in [9.17, 15) is 20.1 Å². The van der Waals surface area contributed by atoms with Gasteiger partial charge in [-0.05, 0) is 35.9 Å². The van der Waals surface area contributed by atoms with Crippen molar-refractivity contribution in [2.24, 2.45) is 0 Å². The number of phenols is 3. The zero-order valence-electron chi connectivity index (χ0n) is 11.3. The largest absolute Gasteiger partial charge is 0.504 e. The molecule has 108 valence electrons. The van der Waals surface area contributed by atoms with Crippen molar-refractivity contribution in [2.45, 2.75) is 0 Å². The van der Waals surface area contributed by atoms with Gasteiger partial charge in [-0.25, -0.2) is 0 Å². The van der Waals surface area contributed by atoms with Crippen LogP contribution in [0.15, 0.2) is 42.5 Å². The van der Waals surface area contributed by atoms with Crippen molar-refractivity contribution in [3.63, 3.8) is 0 Å². The summed E-state index contributed by atoms with van der Waals surface area (Å²) in [5.41, 5.74) is 0.662. The lowest BCUT2D eigenvalue weighted by Gasteiger charge is -2.04. The Hall–Kier alpha value is -2.95. The lowest BCUT2D eigenvalue weighted by molar-refractivity contribution is 0.104. The molecule has 0 radical (unpaired) electrons. The highest BCUT2D eigenvalue weighted by molar-refractivity contribution is 6.09. The molecule has 0 unspecified atom stereocenters. The number of hydrogen-bond acceptors (Lipinski definition) is 5. The third-order valence-electron chi connectivity index (χ3n) is 2.92. The zero-order chi connectivity index (χ0) is 15.4. The van der Waals surface area contributed by atoms with Crippen molar-refractivity contribution in [3.8, 4) is 23.0 Å². The molecule has 2 aromatic carbocycles. The third-order valence-corrected chi connectivity index (χ3v) is 2.92. The molecule has 0 saturated carbocycles. The fraction of sp³-hybridized carbons (Fsp3) is 0.0625. The van der Waals surface area contributed by atoms with E-state index in [0.717, 1.165) is 11.6 Å². The van der Waals surface area contributed by atoms with Gasteiger partial charge in [0.15, 0.2) is 17.3 Å². The predicted molar refractivity (Wildman–Crippen MR) is 77.8 cm³/mol. The molecular formula is C16H14O5. The zero-order valence-corrected chi connectivity index (χ0v) is 11.3. The highest BCUT2D eigenvalue weighted by atomic mass is 16.5. The second-order valence-corrected chi connectivity index (χ2v) is 4.30. The summed E-state index contributed by atoms with van der Waals surface area (Å²) in [5.74, 6) is -1.67. The van der Waals surface area contributed by atoms with E-state index in [0.29, 0.717) is 5.75 Å². The van der Waals surface area contributed by atoms with E-state index >= 15 is 0 Å². The van der Waals surface area contributed by atoms with E-state index in [1.54, 1.807) is 37.5 Å². The van der Waals surface area contributed by atoms with Crippen LogP contribution in [0.5, 0.6) is 23.0 Å². The summed E-state index contributed by atoms with van der Waals surface area (Å²) in [6, 6.07) is 9.48. The Kier molecular flexibility index (Phi) is 4.13. The second-order valence-electron chi connectivity index (χ2n) is 4.30. The number of benzene rings is 2. The first-order valence-electron chi connectivity index (χ1n) is 6.13. The van der Waals surface area contributed by atoms with Gasteiger partial charge in [0.05, 0.1) is 12.7 Å². The summed E-state index contributed by atoms with van der Waals surface area (Å²) in [6.07, 6.45) is 2.83. The number of aromatic hydroxyl groups is 3. The Labute approximate surface area is 121 Å². The van der Waals surface area contributed by atoms with Crippen LogP contribution in [0.3, 0.4) is 0 Å². The molecule has 0 heterocycles. The number of carbonyl (C=O) groups excluding carboxylic acids is 1. The Morgan fingerprint density at radius 2 is 1.86 bits per heavy atom. The molecule has 2 aromatic rings. The van der Waals surface area contributed by atoms with E-state index in [1.165, 1.54) is 12.1 Å². The van der Waals surface area contributed by atoms with Gasteiger partial charge < -0.3 is 20.1 Å². The SMILES string of the molecule is COc1cccc(/C=C/C(=O)c2ccc(O)c(O)c2O)c1. The van der Waals surface area contributed by atoms with Gasteiger partial charge in [0.1, 0.15) is 5.75 Å². The van der Waals surface area contributed by atoms with E-state index in [-0.39, 0.29) is 5.56 Å². The number of ether oxygens (including phenoxy) is 1. The second kappa shape index (κ2) is 6.00. The average molecular weight is 286 g/mol. The van der Waals surface area contributed by atoms with E-state index < -0.39 is 23.0 Å². The Morgan fingerprint density at radius 1 is 1.10 bits per heavy atom. The number of methoxy groups -OCH3 is 1. The van der Waals surface area contributed by atoms with Gasteiger partial charge >= 0.3 is 0 Å². The van der Waals surface area contributed by atoms with Gasteiger partial charge in [-0.15, -0.1) is 0 Å². The van der Waals surface area contributed by atoms with Crippen molar-refractivity contribution in [2.75, 3.05) is 7.11 Å². The molecule has 0 saturated heterocycles. The van der Waals surface area contributed by atoms with Crippen LogP contribution >= 0.6 is 0 Å². The maximum absolute atomic E-state index is 12.0. The molecule has 21 heavy (non-hydrogen) atoms. The summed E-state index contributed by atoms with van der Waals surface area (Å²) in [4.78, 5) is 12.0. The fourth-order valence-electron chi connectivity index (χ4n) is 1.77. The summed E-state index contributed by atoms with van der Waals surface area (Å²) in [6.45, 7) is 0. The molecule has 0 spiro atoms. The normalized spacial score (nSPS) is 10.7. The molecule has 0 amide bonds. The molecule has 3 N–H and O–H groups in total. The van der Waals surface area contributed by atoms with Gasteiger partial charge in [0.2, 0.25) is 5.75 Å². The monoisotopic (exact) mass is 286 g/mol. The number of hydrogen-bond donors (Lipinski definition) is 3. The molecule has 2 rings (SSSR count). The Bertz CT molecular complexity index is 704. The van der Waals surface area contributed by atoms with Crippen LogP contribution in [0.25, 0.3) is 6.08 Å². The van der Waals surface area contributed by atoms with Crippen LogP contribution in [0.4, 0.5) is 0 Å². The maximum atomic E-state index is 12.0. The van der Waals surface area contributed by atoms with Gasteiger partial charge in [0.25, 0.3) is 0 Å². The van der Waals surface area contributed by atoms with Gasteiger partial charge in [0, 0.05) is 0 Å². The van der Waals surface area contributed by atoms with Gasteiger partial charge in [-0.3, -0.25) is 4.79 Å². The summed E-state index contributed by atoms with van der Waals surface area (Å²) in [7, 11) is 1.55. The quantitative estimate of drug-likeness (QED) is 0.457. The molecule has 0 bridgehead atoms. The first-order chi connectivity index (χ1) is 10.0. The highest BCUT2D eigenvalue weighted by Gasteiger charge is 2.15.